The topological polar surface area (TPSA) is 54.8 Å². The average molecular weight is 311 g/mol. The van der Waals surface area contributed by atoms with Gasteiger partial charge in [-0.1, -0.05) is 0 Å². The minimum atomic E-state index is 0.789. The molecule has 112 valence electrons. The maximum Gasteiger partial charge on any atom is 0.141 e. The molecule has 1 aliphatic rings. The standard InChI is InChI=1S/C16H17N5S/c1-9-10(2)22-16-14(9)15(19-11(3)20-16)21-5-4-12-6-17-8-18-13(12)7-21/h6,8H,4-5,7H2,1-3H3. The van der Waals surface area contributed by atoms with Gasteiger partial charge in [-0.15, -0.1) is 11.3 Å². The highest BCUT2D eigenvalue weighted by molar-refractivity contribution is 7.18. The number of hydrogen-bond acceptors (Lipinski definition) is 6. The molecule has 0 aliphatic carbocycles. The van der Waals surface area contributed by atoms with Gasteiger partial charge in [0.05, 0.1) is 17.6 Å². The fraction of sp³-hybridized carbons (Fsp3) is 0.375. The van der Waals surface area contributed by atoms with E-state index in [1.54, 1.807) is 17.7 Å². The first-order valence-electron chi connectivity index (χ1n) is 7.40. The van der Waals surface area contributed by atoms with E-state index in [0.29, 0.717) is 0 Å². The molecule has 0 saturated heterocycles. The Morgan fingerprint density at radius 3 is 2.91 bits per heavy atom. The van der Waals surface area contributed by atoms with Crippen LogP contribution in [-0.2, 0) is 13.0 Å². The summed E-state index contributed by atoms with van der Waals surface area (Å²) in [5, 5.41) is 1.20. The van der Waals surface area contributed by atoms with Gasteiger partial charge in [0.1, 0.15) is 22.8 Å². The van der Waals surface area contributed by atoms with Crippen LogP contribution in [-0.4, -0.2) is 26.5 Å². The van der Waals surface area contributed by atoms with Gasteiger partial charge < -0.3 is 4.90 Å². The summed E-state index contributed by atoms with van der Waals surface area (Å²) in [6.07, 6.45) is 4.52. The zero-order valence-corrected chi connectivity index (χ0v) is 13.7. The summed E-state index contributed by atoms with van der Waals surface area (Å²) < 4.78 is 0. The molecule has 0 unspecified atom stereocenters. The monoisotopic (exact) mass is 311 g/mol. The van der Waals surface area contributed by atoms with E-state index in [2.05, 4.69) is 33.7 Å². The smallest absolute Gasteiger partial charge is 0.141 e. The molecule has 0 fully saturated rings. The van der Waals surface area contributed by atoms with Gasteiger partial charge in [-0.3, -0.25) is 0 Å². The predicted molar refractivity (Wildman–Crippen MR) is 88.4 cm³/mol. The van der Waals surface area contributed by atoms with Crippen LogP contribution in [0.3, 0.4) is 0 Å². The van der Waals surface area contributed by atoms with Crippen LogP contribution in [0.25, 0.3) is 10.2 Å². The van der Waals surface area contributed by atoms with Crippen LogP contribution in [0.1, 0.15) is 27.5 Å². The number of fused-ring (bicyclic) bond motifs is 2. The molecule has 0 bridgehead atoms. The van der Waals surface area contributed by atoms with Crippen molar-refractivity contribution >= 4 is 27.4 Å². The number of anilines is 1. The Balaban J connectivity index is 1.85. The van der Waals surface area contributed by atoms with Gasteiger partial charge in [-0.25, -0.2) is 19.9 Å². The molecule has 22 heavy (non-hydrogen) atoms. The Morgan fingerprint density at radius 1 is 1.18 bits per heavy atom. The van der Waals surface area contributed by atoms with Crippen LogP contribution >= 0.6 is 11.3 Å². The largest absolute Gasteiger partial charge is 0.350 e. The first-order valence-corrected chi connectivity index (χ1v) is 8.22. The van der Waals surface area contributed by atoms with Crippen LogP contribution in [0.2, 0.25) is 0 Å². The van der Waals surface area contributed by atoms with Crippen LogP contribution < -0.4 is 4.90 Å². The quantitative estimate of drug-likeness (QED) is 0.691. The minimum absolute atomic E-state index is 0.789. The first kappa shape index (κ1) is 13.6. The van der Waals surface area contributed by atoms with E-state index in [1.807, 2.05) is 13.1 Å². The molecule has 0 spiro atoms. The number of nitrogens with zero attached hydrogens (tertiary/aromatic N) is 5. The Labute approximate surface area is 133 Å². The van der Waals surface area contributed by atoms with Crippen molar-refractivity contribution in [3.63, 3.8) is 0 Å². The van der Waals surface area contributed by atoms with E-state index in [4.69, 9.17) is 4.98 Å². The third-order valence-corrected chi connectivity index (χ3v) is 5.40. The van der Waals surface area contributed by atoms with Gasteiger partial charge in [0.15, 0.2) is 0 Å². The van der Waals surface area contributed by atoms with Gasteiger partial charge in [0, 0.05) is 17.6 Å². The molecule has 6 heteroatoms. The molecule has 0 amide bonds. The second-order valence-electron chi connectivity index (χ2n) is 5.72. The molecule has 5 nitrogen and oxygen atoms in total. The second-order valence-corrected chi connectivity index (χ2v) is 6.93. The number of hydrogen-bond donors (Lipinski definition) is 0. The highest BCUT2D eigenvalue weighted by Gasteiger charge is 2.23. The van der Waals surface area contributed by atoms with E-state index < -0.39 is 0 Å². The van der Waals surface area contributed by atoms with Gasteiger partial charge in [-0.2, -0.15) is 0 Å². The molecular formula is C16H17N5S. The van der Waals surface area contributed by atoms with Crippen LogP contribution in [0.5, 0.6) is 0 Å². The maximum atomic E-state index is 4.75. The van der Waals surface area contributed by atoms with Crippen molar-refractivity contribution in [2.75, 3.05) is 11.4 Å². The van der Waals surface area contributed by atoms with Crippen molar-refractivity contribution in [3.05, 3.63) is 40.0 Å². The number of thiophene rings is 1. The Bertz CT molecular complexity index is 870. The number of rotatable bonds is 1. The molecule has 0 radical (unpaired) electrons. The summed E-state index contributed by atoms with van der Waals surface area (Å²) in [4.78, 5) is 22.6. The molecule has 0 atom stereocenters. The van der Waals surface area contributed by atoms with Crippen molar-refractivity contribution in [1.29, 1.82) is 0 Å². The summed E-state index contributed by atoms with van der Waals surface area (Å²) in [5.74, 6) is 1.88. The Kier molecular flexibility index (Phi) is 3.07. The number of aromatic nitrogens is 4. The second kappa shape index (κ2) is 4.98. The van der Waals surface area contributed by atoms with Crippen LogP contribution in [0.4, 0.5) is 5.82 Å². The third kappa shape index (κ3) is 2.06. The molecule has 4 rings (SSSR count). The molecular weight excluding hydrogens is 294 g/mol. The molecule has 1 aliphatic heterocycles. The lowest BCUT2D eigenvalue weighted by molar-refractivity contribution is 0.695. The van der Waals surface area contributed by atoms with Crippen molar-refractivity contribution in [1.82, 2.24) is 19.9 Å². The first-order chi connectivity index (χ1) is 10.6. The normalized spacial score (nSPS) is 14.4. The molecule has 0 aromatic carbocycles. The molecule has 0 N–H and O–H groups in total. The highest BCUT2D eigenvalue weighted by atomic mass is 32.1. The Morgan fingerprint density at radius 2 is 2.05 bits per heavy atom. The van der Waals surface area contributed by atoms with Gasteiger partial charge in [-0.05, 0) is 38.3 Å². The maximum absolute atomic E-state index is 4.75. The van der Waals surface area contributed by atoms with Crippen LogP contribution in [0, 0.1) is 20.8 Å². The molecule has 0 saturated carbocycles. The summed E-state index contributed by atoms with van der Waals surface area (Å²) in [6, 6.07) is 0. The van der Waals surface area contributed by atoms with Gasteiger partial charge in [0.2, 0.25) is 0 Å². The summed E-state index contributed by atoms with van der Waals surface area (Å²) >= 11 is 1.75. The van der Waals surface area contributed by atoms with Crippen molar-refractivity contribution < 1.29 is 0 Å². The SMILES string of the molecule is Cc1nc(N2CCc3cncnc3C2)c2c(C)c(C)sc2n1. The lowest BCUT2D eigenvalue weighted by Gasteiger charge is -2.29. The van der Waals surface area contributed by atoms with Crippen molar-refractivity contribution in [3.8, 4) is 0 Å². The lowest BCUT2D eigenvalue weighted by atomic mass is 10.1. The van der Waals surface area contributed by atoms with E-state index in [9.17, 15) is 0 Å². The molecule has 3 aromatic rings. The van der Waals surface area contributed by atoms with E-state index in [0.717, 1.165) is 41.7 Å². The lowest BCUT2D eigenvalue weighted by Crippen LogP contribution is -2.32. The summed E-state index contributed by atoms with van der Waals surface area (Å²) in [7, 11) is 0. The van der Waals surface area contributed by atoms with E-state index in [1.165, 1.54) is 21.4 Å². The fourth-order valence-corrected chi connectivity index (χ4v) is 4.06. The summed E-state index contributed by atoms with van der Waals surface area (Å²) in [5.41, 5.74) is 3.65. The van der Waals surface area contributed by atoms with Crippen molar-refractivity contribution in [2.45, 2.75) is 33.7 Å². The zero-order valence-electron chi connectivity index (χ0n) is 12.9. The highest BCUT2D eigenvalue weighted by Crippen LogP contribution is 2.36. The predicted octanol–water partition coefficient (Wildman–Crippen LogP) is 2.97. The molecule has 3 aromatic heterocycles. The van der Waals surface area contributed by atoms with Crippen LogP contribution in [0.15, 0.2) is 12.5 Å². The van der Waals surface area contributed by atoms with E-state index in [-0.39, 0.29) is 0 Å². The average Bonchev–Trinajstić information content (AvgIpc) is 2.80. The fourth-order valence-electron chi connectivity index (χ4n) is 2.99. The van der Waals surface area contributed by atoms with Crippen molar-refractivity contribution in [2.24, 2.45) is 0 Å². The Hall–Kier alpha value is -2.08. The molecule has 4 heterocycles. The summed E-state index contributed by atoms with van der Waals surface area (Å²) in [6.45, 7) is 8.02. The minimum Gasteiger partial charge on any atom is -0.350 e. The number of aryl methyl sites for hydroxylation is 3. The van der Waals surface area contributed by atoms with E-state index >= 15 is 0 Å². The van der Waals surface area contributed by atoms with Gasteiger partial charge in [0.25, 0.3) is 0 Å². The van der Waals surface area contributed by atoms with Gasteiger partial charge >= 0.3 is 0 Å². The zero-order chi connectivity index (χ0) is 15.3. The third-order valence-electron chi connectivity index (χ3n) is 4.29.